The fourth-order valence-electron chi connectivity index (χ4n) is 4.72. The Morgan fingerprint density at radius 2 is 1.78 bits per heavy atom. The molecule has 2 aliphatic rings. The summed E-state index contributed by atoms with van der Waals surface area (Å²) in [4.78, 5) is 15.0. The quantitative estimate of drug-likeness (QED) is 0.651. The number of aromatic nitrogens is 2. The van der Waals surface area contributed by atoms with Crippen LogP contribution in [0, 0.1) is 13.8 Å². The molecule has 1 N–H and O–H groups in total. The molecule has 4 rings (SSSR count). The molecule has 32 heavy (non-hydrogen) atoms. The molecule has 0 unspecified atom stereocenters. The Morgan fingerprint density at radius 1 is 1.06 bits per heavy atom. The molecule has 2 aromatic rings. The van der Waals surface area contributed by atoms with Crippen molar-refractivity contribution in [1.29, 1.82) is 0 Å². The van der Waals surface area contributed by atoms with E-state index in [0.29, 0.717) is 42.5 Å². The van der Waals surface area contributed by atoms with E-state index in [0.717, 1.165) is 38.9 Å². The third-order valence-corrected chi connectivity index (χ3v) is 8.64. The number of carbonyl (C=O) groups is 1. The molecule has 0 spiro atoms. The van der Waals surface area contributed by atoms with E-state index in [4.69, 9.17) is 0 Å². The Labute approximate surface area is 190 Å². The van der Waals surface area contributed by atoms with E-state index < -0.39 is 10.0 Å². The zero-order valence-electron chi connectivity index (χ0n) is 19.0. The van der Waals surface area contributed by atoms with E-state index in [-0.39, 0.29) is 12.3 Å². The lowest BCUT2D eigenvalue weighted by molar-refractivity contribution is -0.121. The molecule has 1 amide bonds. The van der Waals surface area contributed by atoms with Crippen LogP contribution in [0.3, 0.4) is 0 Å². The molecule has 0 aliphatic carbocycles. The van der Waals surface area contributed by atoms with Crippen molar-refractivity contribution in [3.05, 3.63) is 46.8 Å². The van der Waals surface area contributed by atoms with Gasteiger partial charge in [0.05, 0.1) is 17.9 Å². The zero-order valence-corrected chi connectivity index (χ0v) is 19.8. The highest BCUT2D eigenvalue weighted by molar-refractivity contribution is 7.89. The number of amides is 1. The van der Waals surface area contributed by atoms with E-state index in [9.17, 15) is 13.2 Å². The topological polar surface area (TPSA) is 87.5 Å². The molecular weight excluding hydrogens is 426 g/mol. The summed E-state index contributed by atoms with van der Waals surface area (Å²) in [6.45, 7) is 8.35. The summed E-state index contributed by atoms with van der Waals surface area (Å²) in [7, 11) is -3.52. The average molecular weight is 460 g/mol. The fourth-order valence-corrected chi connectivity index (χ4v) is 6.61. The zero-order chi connectivity index (χ0) is 22.7. The van der Waals surface area contributed by atoms with Gasteiger partial charge in [0.1, 0.15) is 4.90 Å². The maximum atomic E-state index is 13.0. The Bertz CT molecular complexity index is 1070. The van der Waals surface area contributed by atoms with Crippen LogP contribution in [0.1, 0.15) is 41.8 Å². The minimum Gasteiger partial charge on any atom is -0.355 e. The predicted molar refractivity (Wildman–Crippen MR) is 123 cm³/mol. The van der Waals surface area contributed by atoms with Crippen molar-refractivity contribution in [2.75, 3.05) is 32.7 Å². The lowest BCUT2D eigenvalue weighted by atomic mass is 10.00. The molecule has 8 nitrogen and oxygen atoms in total. The first-order valence-electron chi connectivity index (χ1n) is 11.5. The first-order chi connectivity index (χ1) is 15.4. The van der Waals surface area contributed by atoms with Crippen LogP contribution in [-0.4, -0.2) is 66.0 Å². The molecular formula is C23H33N5O3S. The molecule has 3 heterocycles. The van der Waals surface area contributed by atoms with Gasteiger partial charge in [-0.3, -0.25) is 14.4 Å². The predicted octanol–water partition coefficient (Wildman–Crippen LogP) is 1.85. The number of hydrogen-bond acceptors (Lipinski definition) is 5. The maximum absolute atomic E-state index is 13.0. The van der Waals surface area contributed by atoms with Crippen LogP contribution in [0.25, 0.3) is 0 Å². The van der Waals surface area contributed by atoms with E-state index >= 15 is 0 Å². The third-order valence-electron chi connectivity index (χ3n) is 6.49. The number of benzene rings is 1. The number of carbonyl (C=O) groups excluding carboxylic acids is 1. The van der Waals surface area contributed by atoms with E-state index in [1.807, 2.05) is 0 Å². The largest absolute Gasteiger partial charge is 0.355 e. The molecule has 1 fully saturated rings. The number of nitrogens with one attached hydrogen (secondary N) is 1. The minimum absolute atomic E-state index is 0.0427. The monoisotopic (exact) mass is 459 g/mol. The highest BCUT2D eigenvalue weighted by Crippen LogP contribution is 2.26. The first-order valence-corrected chi connectivity index (χ1v) is 12.9. The van der Waals surface area contributed by atoms with Gasteiger partial charge in [0.2, 0.25) is 15.9 Å². The molecule has 0 saturated carbocycles. The van der Waals surface area contributed by atoms with Crippen molar-refractivity contribution in [1.82, 2.24) is 24.3 Å². The van der Waals surface area contributed by atoms with Crippen LogP contribution in [0.15, 0.2) is 29.2 Å². The number of hydrogen-bond donors (Lipinski definition) is 1. The molecule has 1 aromatic heterocycles. The molecule has 1 saturated heterocycles. The molecule has 1 aromatic carbocycles. The lowest BCUT2D eigenvalue weighted by Crippen LogP contribution is -2.38. The number of rotatable bonds is 8. The van der Waals surface area contributed by atoms with Gasteiger partial charge in [0, 0.05) is 45.7 Å². The Hall–Kier alpha value is -2.23. The van der Waals surface area contributed by atoms with Crippen LogP contribution in [-0.2, 0) is 34.3 Å². The first kappa shape index (κ1) is 22.9. The van der Waals surface area contributed by atoms with Gasteiger partial charge < -0.3 is 5.32 Å². The van der Waals surface area contributed by atoms with Crippen molar-refractivity contribution in [3.8, 4) is 0 Å². The molecule has 2 aliphatic heterocycles. The number of fused-ring (bicyclic) bond motifs is 1. The van der Waals surface area contributed by atoms with Gasteiger partial charge in [-0.25, -0.2) is 8.42 Å². The van der Waals surface area contributed by atoms with E-state index in [1.54, 1.807) is 22.8 Å². The second-order valence-corrected chi connectivity index (χ2v) is 10.6. The second-order valence-electron chi connectivity index (χ2n) is 8.73. The fraction of sp³-hybridized carbons (Fsp3) is 0.565. The van der Waals surface area contributed by atoms with Gasteiger partial charge in [0.25, 0.3) is 0 Å². The Kier molecular flexibility index (Phi) is 6.97. The number of aryl methyl sites for hydroxylation is 2. The molecule has 0 atom stereocenters. The maximum Gasteiger partial charge on any atom is 0.246 e. The molecule has 174 valence electrons. The van der Waals surface area contributed by atoms with Crippen LogP contribution in [0.2, 0.25) is 0 Å². The van der Waals surface area contributed by atoms with Gasteiger partial charge in [-0.05, 0) is 44.2 Å². The molecule has 0 bridgehead atoms. The van der Waals surface area contributed by atoms with Crippen LogP contribution >= 0.6 is 0 Å². The standard InChI is InChI=1S/C23H33N5O3S/c1-18-23(32(30,31)27-12-5-6-13-27)19(2)28(25-18)15-10-22(29)24-11-16-26-14-9-20-7-3-4-8-21(20)17-26/h3-4,7-8H,5-6,9-17H2,1-2H3,(H,24,29). The van der Waals surface area contributed by atoms with Gasteiger partial charge in [-0.2, -0.15) is 9.40 Å². The lowest BCUT2D eigenvalue weighted by Gasteiger charge is -2.28. The summed E-state index contributed by atoms with van der Waals surface area (Å²) in [5.41, 5.74) is 3.90. The van der Waals surface area contributed by atoms with Crippen LogP contribution in [0.4, 0.5) is 0 Å². The highest BCUT2D eigenvalue weighted by atomic mass is 32.2. The van der Waals surface area contributed by atoms with Crippen molar-refractivity contribution in [2.45, 2.75) is 57.5 Å². The van der Waals surface area contributed by atoms with Crippen LogP contribution < -0.4 is 5.32 Å². The molecule has 0 radical (unpaired) electrons. The average Bonchev–Trinajstić information content (AvgIpc) is 3.41. The Morgan fingerprint density at radius 3 is 2.53 bits per heavy atom. The summed E-state index contributed by atoms with van der Waals surface area (Å²) in [6, 6.07) is 8.52. The van der Waals surface area contributed by atoms with Crippen molar-refractivity contribution < 1.29 is 13.2 Å². The van der Waals surface area contributed by atoms with Crippen molar-refractivity contribution >= 4 is 15.9 Å². The van der Waals surface area contributed by atoms with Crippen molar-refractivity contribution in [3.63, 3.8) is 0 Å². The van der Waals surface area contributed by atoms with Gasteiger partial charge >= 0.3 is 0 Å². The number of nitrogens with zero attached hydrogens (tertiary/aromatic N) is 4. The van der Waals surface area contributed by atoms with Gasteiger partial charge in [-0.1, -0.05) is 24.3 Å². The normalized spacial score (nSPS) is 17.4. The van der Waals surface area contributed by atoms with E-state index in [1.165, 1.54) is 11.1 Å². The third kappa shape index (κ3) is 4.89. The summed E-state index contributed by atoms with van der Waals surface area (Å²) in [6.07, 6.45) is 3.11. The molecule has 9 heteroatoms. The summed E-state index contributed by atoms with van der Waals surface area (Å²) >= 11 is 0. The summed E-state index contributed by atoms with van der Waals surface area (Å²) in [5, 5.41) is 7.41. The summed E-state index contributed by atoms with van der Waals surface area (Å²) in [5.74, 6) is -0.0427. The van der Waals surface area contributed by atoms with Crippen LogP contribution in [0.5, 0.6) is 0 Å². The highest BCUT2D eigenvalue weighted by Gasteiger charge is 2.32. The number of sulfonamides is 1. The van der Waals surface area contributed by atoms with Gasteiger partial charge in [0.15, 0.2) is 0 Å². The Balaban J connectivity index is 1.27. The second kappa shape index (κ2) is 9.72. The minimum atomic E-state index is -3.52. The van der Waals surface area contributed by atoms with E-state index in [2.05, 4.69) is 39.6 Å². The summed E-state index contributed by atoms with van der Waals surface area (Å²) < 4.78 is 29.2. The SMILES string of the molecule is Cc1nn(CCC(=O)NCCN2CCc3ccccc3C2)c(C)c1S(=O)(=O)N1CCCC1. The van der Waals surface area contributed by atoms with Gasteiger partial charge in [-0.15, -0.1) is 0 Å². The smallest absolute Gasteiger partial charge is 0.246 e. The van der Waals surface area contributed by atoms with Crippen molar-refractivity contribution in [2.24, 2.45) is 0 Å².